The van der Waals surface area contributed by atoms with Crippen LogP contribution in [-0.4, -0.2) is 84.2 Å². The summed E-state index contributed by atoms with van der Waals surface area (Å²) in [6.07, 6.45) is 4.67. The van der Waals surface area contributed by atoms with Crippen LogP contribution in [0.1, 0.15) is 12.5 Å². The zero-order valence-electron chi connectivity index (χ0n) is 23.6. The van der Waals surface area contributed by atoms with E-state index >= 15 is 0 Å². The van der Waals surface area contributed by atoms with Crippen LogP contribution in [0.4, 0.5) is 26.0 Å². The van der Waals surface area contributed by atoms with Crippen LogP contribution in [0, 0.1) is 0 Å². The van der Waals surface area contributed by atoms with Gasteiger partial charge in [-0.1, -0.05) is 35.3 Å². The summed E-state index contributed by atoms with van der Waals surface area (Å²) in [7, 11) is 0. The van der Waals surface area contributed by atoms with Gasteiger partial charge in [0.1, 0.15) is 17.2 Å². The van der Waals surface area contributed by atoms with Crippen molar-refractivity contribution >= 4 is 51.9 Å². The van der Waals surface area contributed by atoms with Gasteiger partial charge in [0.2, 0.25) is 5.91 Å². The number of benzene rings is 1. The molecular weight excluding hydrogens is 599 g/mol. The summed E-state index contributed by atoms with van der Waals surface area (Å²) in [6.45, 7) is 5.99. The van der Waals surface area contributed by atoms with Crippen LogP contribution < -0.4 is 15.1 Å². The van der Waals surface area contributed by atoms with Gasteiger partial charge in [-0.3, -0.25) is 14.2 Å². The zero-order chi connectivity index (χ0) is 30.1. The van der Waals surface area contributed by atoms with Crippen molar-refractivity contribution in [2.45, 2.75) is 12.8 Å². The lowest BCUT2D eigenvalue weighted by Gasteiger charge is -2.36. The molecule has 1 aromatic carbocycles. The number of ether oxygens (including phenoxy) is 1. The molecule has 2 saturated heterocycles. The molecule has 2 aliphatic rings. The van der Waals surface area contributed by atoms with Gasteiger partial charge in [0.25, 0.3) is 5.92 Å². The van der Waals surface area contributed by atoms with Crippen LogP contribution in [0.15, 0.2) is 55.0 Å². The Morgan fingerprint density at radius 3 is 2.30 bits per heavy atom. The molecule has 2 fully saturated rings. The number of fused-ring (bicyclic) bond motifs is 1. The highest BCUT2D eigenvalue weighted by atomic mass is 35.5. The van der Waals surface area contributed by atoms with Crippen molar-refractivity contribution in [3.05, 3.63) is 70.6 Å². The number of alkyl halides is 2. The SMILES string of the molecule is CC(F)(F)c1ccn2c(NCC(=O)N3CCN(c4c(Cl)cncc4Cl)CC3)c(-c3ccc(N4CCOCC4)cc3)nc2c1. The average molecular weight is 631 g/mol. The monoisotopic (exact) mass is 629 g/mol. The second-order valence-corrected chi connectivity index (χ2v) is 11.5. The first-order valence-electron chi connectivity index (χ1n) is 14.1. The third kappa shape index (κ3) is 6.20. The molecule has 1 amide bonds. The molecule has 0 saturated carbocycles. The van der Waals surface area contributed by atoms with Gasteiger partial charge in [0, 0.05) is 81.6 Å². The van der Waals surface area contributed by atoms with Crippen molar-refractivity contribution in [2.24, 2.45) is 0 Å². The minimum absolute atomic E-state index is 0.00904. The standard InChI is InChI=1S/C30H31Cl2F2N7O2/c1-30(33,34)21-6-7-41-25(16-21)37-27(20-2-4-22(5-3-20)38-12-14-43-15-13-38)29(41)36-19-26(42)39-8-10-40(11-9-39)28-23(31)17-35-18-24(28)32/h2-7,16-18,36H,8-15,19H2,1H3. The smallest absolute Gasteiger partial charge is 0.270 e. The van der Waals surface area contributed by atoms with E-state index in [1.165, 1.54) is 12.1 Å². The van der Waals surface area contributed by atoms with Gasteiger partial charge in [-0.15, -0.1) is 0 Å². The molecule has 0 unspecified atom stereocenters. The van der Waals surface area contributed by atoms with Crippen molar-refractivity contribution in [1.29, 1.82) is 0 Å². The number of nitrogens with one attached hydrogen (secondary N) is 1. The molecule has 2 aliphatic heterocycles. The summed E-state index contributed by atoms with van der Waals surface area (Å²) in [5, 5.41) is 4.20. The summed E-state index contributed by atoms with van der Waals surface area (Å²) in [5.74, 6) is -2.54. The minimum atomic E-state index is -3.01. The number of rotatable bonds is 7. The number of anilines is 3. The maximum Gasteiger partial charge on any atom is 0.270 e. The first kappa shape index (κ1) is 29.4. The predicted molar refractivity (Wildman–Crippen MR) is 165 cm³/mol. The van der Waals surface area contributed by atoms with E-state index in [1.54, 1.807) is 27.9 Å². The maximum absolute atomic E-state index is 14.1. The molecule has 43 heavy (non-hydrogen) atoms. The maximum atomic E-state index is 14.1. The van der Waals surface area contributed by atoms with E-state index in [4.69, 9.17) is 32.9 Å². The van der Waals surface area contributed by atoms with E-state index in [1.807, 2.05) is 29.2 Å². The van der Waals surface area contributed by atoms with E-state index in [9.17, 15) is 13.6 Å². The third-order valence-electron chi connectivity index (χ3n) is 7.83. The van der Waals surface area contributed by atoms with Crippen molar-refractivity contribution in [2.75, 3.05) is 74.1 Å². The highest BCUT2D eigenvalue weighted by Gasteiger charge is 2.27. The molecule has 4 aromatic rings. The largest absolute Gasteiger partial charge is 0.378 e. The number of pyridine rings is 2. The second kappa shape index (κ2) is 12.1. The number of hydrogen-bond donors (Lipinski definition) is 1. The number of carbonyl (C=O) groups excluding carboxylic acids is 1. The highest BCUT2D eigenvalue weighted by molar-refractivity contribution is 6.38. The summed E-state index contributed by atoms with van der Waals surface area (Å²) in [6, 6.07) is 10.7. The van der Waals surface area contributed by atoms with Crippen LogP contribution in [0.5, 0.6) is 0 Å². The van der Waals surface area contributed by atoms with Crippen LogP contribution >= 0.6 is 23.2 Å². The van der Waals surface area contributed by atoms with Crippen molar-refractivity contribution < 1.29 is 18.3 Å². The fourth-order valence-electron chi connectivity index (χ4n) is 5.50. The fourth-order valence-corrected chi connectivity index (χ4v) is 6.10. The molecule has 0 radical (unpaired) electrons. The molecule has 3 aromatic heterocycles. The quantitative estimate of drug-likeness (QED) is 0.293. The first-order chi connectivity index (χ1) is 20.7. The van der Waals surface area contributed by atoms with E-state index < -0.39 is 5.92 Å². The second-order valence-electron chi connectivity index (χ2n) is 10.7. The first-order valence-corrected chi connectivity index (χ1v) is 14.8. The van der Waals surface area contributed by atoms with E-state index in [2.05, 4.69) is 15.2 Å². The fraction of sp³-hybridized carbons (Fsp3) is 0.367. The molecule has 6 rings (SSSR count). The Kier molecular flexibility index (Phi) is 8.30. The van der Waals surface area contributed by atoms with Gasteiger partial charge < -0.3 is 24.8 Å². The molecule has 0 atom stereocenters. The Bertz CT molecular complexity index is 1590. The number of aromatic nitrogens is 3. The number of halogens is 4. The number of imidazole rings is 1. The third-order valence-corrected chi connectivity index (χ3v) is 8.39. The lowest BCUT2D eigenvalue weighted by molar-refractivity contribution is -0.129. The number of nitrogens with zero attached hydrogens (tertiary/aromatic N) is 6. The molecule has 13 heteroatoms. The lowest BCUT2D eigenvalue weighted by atomic mass is 10.1. The number of amides is 1. The Morgan fingerprint density at radius 1 is 0.977 bits per heavy atom. The Hall–Kier alpha value is -3.67. The normalized spacial score (nSPS) is 16.2. The molecule has 226 valence electrons. The van der Waals surface area contributed by atoms with E-state index in [0.717, 1.165) is 37.0 Å². The molecule has 0 spiro atoms. The number of carbonyl (C=O) groups is 1. The average Bonchev–Trinajstić information content (AvgIpc) is 3.38. The van der Waals surface area contributed by atoms with Crippen molar-refractivity contribution in [1.82, 2.24) is 19.3 Å². The van der Waals surface area contributed by atoms with Crippen molar-refractivity contribution in [3.8, 4) is 11.3 Å². The van der Waals surface area contributed by atoms with Gasteiger partial charge in [-0.2, -0.15) is 0 Å². The molecule has 0 bridgehead atoms. The summed E-state index contributed by atoms with van der Waals surface area (Å²) >= 11 is 12.7. The van der Waals surface area contributed by atoms with Crippen LogP contribution in [-0.2, 0) is 15.5 Å². The summed E-state index contributed by atoms with van der Waals surface area (Å²) in [5.41, 5.74) is 3.40. The zero-order valence-corrected chi connectivity index (χ0v) is 25.1. The molecule has 1 N–H and O–H groups in total. The number of hydrogen-bond acceptors (Lipinski definition) is 7. The molecule has 5 heterocycles. The Balaban J connectivity index is 1.21. The van der Waals surface area contributed by atoms with Gasteiger partial charge in [0.15, 0.2) is 0 Å². The Morgan fingerprint density at radius 2 is 1.65 bits per heavy atom. The number of piperazine rings is 1. The van der Waals surface area contributed by atoms with Crippen LogP contribution in [0.25, 0.3) is 16.9 Å². The summed E-state index contributed by atoms with van der Waals surface area (Å²) in [4.78, 5) is 28.1. The van der Waals surface area contributed by atoms with E-state index in [-0.39, 0.29) is 18.0 Å². The topological polar surface area (TPSA) is 78.2 Å². The minimum Gasteiger partial charge on any atom is -0.378 e. The predicted octanol–water partition coefficient (Wildman–Crippen LogP) is 5.41. The van der Waals surface area contributed by atoms with Crippen LogP contribution in [0.3, 0.4) is 0 Å². The van der Waals surface area contributed by atoms with Gasteiger partial charge in [-0.25, -0.2) is 13.8 Å². The van der Waals surface area contributed by atoms with Gasteiger partial charge in [-0.05, 0) is 24.3 Å². The van der Waals surface area contributed by atoms with E-state index in [0.29, 0.717) is 66.6 Å². The van der Waals surface area contributed by atoms with Gasteiger partial charge >= 0.3 is 0 Å². The lowest BCUT2D eigenvalue weighted by Crippen LogP contribution is -2.50. The molecular formula is C30H31Cl2F2N7O2. The van der Waals surface area contributed by atoms with Gasteiger partial charge in [0.05, 0.1) is 35.5 Å². The molecule has 0 aliphatic carbocycles. The summed E-state index contributed by atoms with van der Waals surface area (Å²) < 4.78 is 35.4. The number of morpholine rings is 1. The van der Waals surface area contributed by atoms with Crippen LogP contribution in [0.2, 0.25) is 10.0 Å². The molecule has 9 nitrogen and oxygen atoms in total. The Labute approximate surface area is 258 Å². The van der Waals surface area contributed by atoms with Crippen molar-refractivity contribution in [3.63, 3.8) is 0 Å². The highest BCUT2D eigenvalue weighted by Crippen LogP contribution is 2.35.